The SMILES string of the molecule is CC1(C)C(C(=O)[O-])C1(CC(F)(F)F)C(F)(F)F. The lowest BCUT2D eigenvalue weighted by Crippen LogP contribution is -2.37. The van der Waals surface area contributed by atoms with Crippen molar-refractivity contribution in [3.63, 3.8) is 0 Å². The molecule has 0 bridgehead atoms. The highest BCUT2D eigenvalue weighted by Crippen LogP contribution is 2.78. The van der Waals surface area contributed by atoms with Gasteiger partial charge in [-0.1, -0.05) is 13.8 Å². The molecular weight excluding hydrogens is 254 g/mol. The van der Waals surface area contributed by atoms with E-state index in [4.69, 9.17) is 0 Å². The maximum atomic E-state index is 12.7. The Labute approximate surface area is 92.6 Å². The van der Waals surface area contributed by atoms with Crippen molar-refractivity contribution in [1.29, 1.82) is 0 Å². The Balaban J connectivity index is 3.22. The van der Waals surface area contributed by atoms with E-state index in [0.29, 0.717) is 0 Å². The molecule has 1 rings (SSSR count). The van der Waals surface area contributed by atoms with Crippen molar-refractivity contribution in [2.75, 3.05) is 0 Å². The van der Waals surface area contributed by atoms with E-state index in [1.54, 1.807) is 0 Å². The number of hydrogen-bond donors (Lipinski definition) is 0. The van der Waals surface area contributed by atoms with Crippen LogP contribution in [0.5, 0.6) is 0 Å². The van der Waals surface area contributed by atoms with Gasteiger partial charge in [-0.25, -0.2) is 0 Å². The molecule has 0 radical (unpaired) electrons. The average Bonchev–Trinajstić information content (AvgIpc) is 2.42. The molecule has 0 aromatic rings. The molecule has 0 aromatic heterocycles. The Morgan fingerprint density at radius 1 is 1.18 bits per heavy atom. The molecular formula is C9H9F6O2-. The molecule has 1 aliphatic carbocycles. The van der Waals surface area contributed by atoms with Crippen LogP contribution in [0.2, 0.25) is 0 Å². The quantitative estimate of drug-likeness (QED) is 0.714. The molecule has 1 aliphatic rings. The summed E-state index contributed by atoms with van der Waals surface area (Å²) in [6.07, 6.45) is -12.5. The number of alkyl halides is 6. The largest absolute Gasteiger partial charge is 0.550 e. The van der Waals surface area contributed by atoms with Gasteiger partial charge in [0.25, 0.3) is 0 Å². The number of carboxylic acids is 1. The van der Waals surface area contributed by atoms with Crippen LogP contribution in [0.3, 0.4) is 0 Å². The van der Waals surface area contributed by atoms with Gasteiger partial charge in [0, 0.05) is 11.9 Å². The molecule has 0 saturated heterocycles. The van der Waals surface area contributed by atoms with E-state index in [1.165, 1.54) is 0 Å². The number of halogens is 6. The van der Waals surface area contributed by atoms with Gasteiger partial charge < -0.3 is 9.90 Å². The van der Waals surface area contributed by atoms with Crippen molar-refractivity contribution in [2.24, 2.45) is 16.7 Å². The van der Waals surface area contributed by atoms with Gasteiger partial charge in [-0.2, -0.15) is 26.3 Å². The minimum Gasteiger partial charge on any atom is -0.550 e. The van der Waals surface area contributed by atoms with E-state index in [2.05, 4.69) is 0 Å². The predicted molar refractivity (Wildman–Crippen MR) is 41.4 cm³/mol. The fourth-order valence-corrected chi connectivity index (χ4v) is 2.62. The molecule has 0 N–H and O–H groups in total. The van der Waals surface area contributed by atoms with Crippen LogP contribution in [-0.2, 0) is 4.79 Å². The molecule has 17 heavy (non-hydrogen) atoms. The summed E-state index contributed by atoms with van der Waals surface area (Å²) >= 11 is 0. The van der Waals surface area contributed by atoms with Gasteiger partial charge in [-0.15, -0.1) is 0 Å². The van der Waals surface area contributed by atoms with Crippen LogP contribution in [-0.4, -0.2) is 18.3 Å². The van der Waals surface area contributed by atoms with Crippen LogP contribution < -0.4 is 5.11 Å². The number of hydrogen-bond acceptors (Lipinski definition) is 2. The third-order valence-electron chi connectivity index (χ3n) is 3.50. The summed E-state index contributed by atoms with van der Waals surface area (Å²) in [6.45, 7) is 1.71. The fourth-order valence-electron chi connectivity index (χ4n) is 2.62. The highest BCUT2D eigenvalue weighted by atomic mass is 19.4. The molecule has 100 valence electrons. The van der Waals surface area contributed by atoms with Gasteiger partial charge in [0.1, 0.15) is 0 Å². The molecule has 0 spiro atoms. The summed E-state index contributed by atoms with van der Waals surface area (Å²) in [7, 11) is 0. The summed E-state index contributed by atoms with van der Waals surface area (Å²) in [5, 5.41) is 10.5. The second-order valence-corrected chi connectivity index (χ2v) is 4.73. The van der Waals surface area contributed by atoms with E-state index in [-0.39, 0.29) is 0 Å². The molecule has 8 heteroatoms. The zero-order chi connectivity index (χ0) is 13.9. The molecule has 0 heterocycles. The molecule has 1 saturated carbocycles. The summed E-state index contributed by atoms with van der Waals surface area (Å²) in [5.41, 5.74) is -5.29. The lowest BCUT2D eigenvalue weighted by atomic mass is 9.91. The molecule has 2 atom stereocenters. The van der Waals surface area contributed by atoms with Crippen LogP contribution in [0, 0.1) is 16.7 Å². The van der Waals surface area contributed by atoms with Crippen LogP contribution in [0.15, 0.2) is 0 Å². The van der Waals surface area contributed by atoms with E-state index in [1.807, 2.05) is 0 Å². The first-order valence-electron chi connectivity index (χ1n) is 4.62. The zero-order valence-electron chi connectivity index (χ0n) is 8.87. The Morgan fingerprint density at radius 2 is 1.59 bits per heavy atom. The maximum absolute atomic E-state index is 12.7. The van der Waals surface area contributed by atoms with Crippen molar-refractivity contribution in [2.45, 2.75) is 32.6 Å². The minimum atomic E-state index is -5.24. The van der Waals surface area contributed by atoms with Crippen molar-refractivity contribution < 1.29 is 36.2 Å². The van der Waals surface area contributed by atoms with Gasteiger partial charge in [0.15, 0.2) is 0 Å². The van der Waals surface area contributed by atoms with Gasteiger partial charge >= 0.3 is 12.4 Å². The van der Waals surface area contributed by atoms with Crippen molar-refractivity contribution in [1.82, 2.24) is 0 Å². The smallest absolute Gasteiger partial charge is 0.396 e. The summed E-state index contributed by atoms with van der Waals surface area (Å²) in [4.78, 5) is 10.5. The fraction of sp³-hybridized carbons (Fsp3) is 0.889. The average molecular weight is 263 g/mol. The Kier molecular flexibility index (Phi) is 2.73. The first kappa shape index (κ1) is 14.1. The van der Waals surface area contributed by atoms with Crippen molar-refractivity contribution in [3.8, 4) is 0 Å². The monoisotopic (exact) mass is 263 g/mol. The predicted octanol–water partition coefficient (Wildman–Crippen LogP) is 1.89. The first-order chi connectivity index (χ1) is 7.27. The zero-order valence-corrected chi connectivity index (χ0v) is 8.87. The highest BCUT2D eigenvalue weighted by molar-refractivity contribution is 5.75. The first-order valence-corrected chi connectivity index (χ1v) is 4.62. The summed E-state index contributed by atoms with van der Waals surface area (Å²) < 4.78 is 74.8. The highest BCUT2D eigenvalue weighted by Gasteiger charge is 2.84. The minimum absolute atomic E-state index is 0.854. The molecule has 2 nitrogen and oxygen atoms in total. The second-order valence-electron chi connectivity index (χ2n) is 4.73. The van der Waals surface area contributed by atoms with E-state index < -0.39 is 41.5 Å². The molecule has 0 amide bonds. The van der Waals surface area contributed by atoms with Crippen LogP contribution in [0.25, 0.3) is 0 Å². The molecule has 2 unspecified atom stereocenters. The second kappa shape index (κ2) is 3.29. The van der Waals surface area contributed by atoms with E-state index >= 15 is 0 Å². The van der Waals surface area contributed by atoms with Gasteiger partial charge in [0.05, 0.1) is 11.8 Å². The maximum Gasteiger partial charge on any atom is 0.396 e. The molecule has 0 aromatic carbocycles. The molecule has 1 fully saturated rings. The Morgan fingerprint density at radius 3 is 1.76 bits per heavy atom. The van der Waals surface area contributed by atoms with E-state index in [9.17, 15) is 36.2 Å². The van der Waals surface area contributed by atoms with Gasteiger partial charge in [0.2, 0.25) is 0 Å². The molecule has 0 aliphatic heterocycles. The topological polar surface area (TPSA) is 40.1 Å². The summed E-state index contributed by atoms with van der Waals surface area (Å²) in [6, 6.07) is 0. The summed E-state index contributed by atoms with van der Waals surface area (Å²) in [5.74, 6) is -4.27. The Bertz CT molecular complexity index is 342. The van der Waals surface area contributed by atoms with Gasteiger partial charge in [-0.3, -0.25) is 0 Å². The number of aliphatic carboxylic acids is 1. The van der Waals surface area contributed by atoms with Crippen LogP contribution in [0.4, 0.5) is 26.3 Å². The standard InChI is InChI=1S/C9H10F6O2/c1-6(2)4(5(16)17)7(6,9(13,14)15)3-8(10,11)12/h4H,3H2,1-2H3,(H,16,17)/p-1. The van der Waals surface area contributed by atoms with Gasteiger partial charge in [-0.05, 0) is 5.41 Å². The Hall–Kier alpha value is -0.950. The van der Waals surface area contributed by atoms with Crippen molar-refractivity contribution in [3.05, 3.63) is 0 Å². The van der Waals surface area contributed by atoms with Crippen LogP contribution >= 0.6 is 0 Å². The third-order valence-corrected chi connectivity index (χ3v) is 3.50. The number of carbonyl (C=O) groups is 1. The number of carbonyl (C=O) groups excluding carboxylic acids is 1. The number of carboxylic acid groups (broad SMARTS) is 1. The lowest BCUT2D eigenvalue weighted by Gasteiger charge is -2.25. The lowest BCUT2D eigenvalue weighted by molar-refractivity contribution is -0.313. The normalized spacial score (nSPS) is 32.4. The van der Waals surface area contributed by atoms with E-state index in [0.717, 1.165) is 13.8 Å². The van der Waals surface area contributed by atoms with Crippen molar-refractivity contribution >= 4 is 5.97 Å². The number of rotatable bonds is 2. The third kappa shape index (κ3) is 1.87. The van der Waals surface area contributed by atoms with Crippen LogP contribution in [0.1, 0.15) is 20.3 Å².